The first kappa shape index (κ1) is 28.8. The fraction of sp³-hybridized carbons (Fsp3) is 0.481. The van der Waals surface area contributed by atoms with E-state index < -0.39 is 10.0 Å². The molecule has 0 spiro atoms. The lowest BCUT2D eigenvalue weighted by molar-refractivity contribution is 0.222. The van der Waals surface area contributed by atoms with E-state index in [-0.39, 0.29) is 26.3 Å². The molecular weight excluding hydrogens is 547 g/mol. The van der Waals surface area contributed by atoms with Gasteiger partial charge < -0.3 is 13.7 Å². The van der Waals surface area contributed by atoms with Crippen LogP contribution in [0.4, 0.5) is 0 Å². The third-order valence-electron chi connectivity index (χ3n) is 6.16. The minimum Gasteiger partial charge on any atom is -0.440 e. The van der Waals surface area contributed by atoms with Gasteiger partial charge in [-0.25, -0.2) is 18.4 Å². The van der Waals surface area contributed by atoms with Crippen LogP contribution < -0.4 is 0 Å². The lowest BCUT2D eigenvalue weighted by Gasteiger charge is -2.31. The van der Waals surface area contributed by atoms with Crippen molar-refractivity contribution in [2.24, 2.45) is 0 Å². The first-order chi connectivity index (χ1) is 17.6. The van der Waals surface area contributed by atoms with Crippen LogP contribution in [0.15, 0.2) is 44.1 Å². The van der Waals surface area contributed by atoms with Crippen molar-refractivity contribution in [1.29, 1.82) is 0 Å². The van der Waals surface area contributed by atoms with Crippen molar-refractivity contribution >= 4 is 55.4 Å². The second kappa shape index (κ2) is 10.4. The Balaban J connectivity index is 0.000000204. The summed E-state index contributed by atoms with van der Waals surface area (Å²) in [6.07, 6.45) is 0. The Morgan fingerprint density at radius 2 is 1.37 bits per heavy atom. The molecule has 38 heavy (non-hydrogen) atoms. The molecule has 2 aromatic heterocycles. The summed E-state index contributed by atoms with van der Waals surface area (Å²) in [4.78, 5) is 11.0. The maximum absolute atomic E-state index is 13.1. The van der Waals surface area contributed by atoms with Crippen molar-refractivity contribution in [3.63, 3.8) is 0 Å². The fourth-order valence-electron chi connectivity index (χ4n) is 3.88. The van der Waals surface area contributed by atoms with Crippen molar-refractivity contribution in [3.8, 4) is 0 Å². The van der Waals surface area contributed by atoms with Gasteiger partial charge in [0.15, 0.2) is 11.2 Å². The number of piperazine rings is 1. The molecule has 3 heterocycles. The molecule has 0 aliphatic carbocycles. The molecule has 0 bridgehead atoms. The number of aromatic nitrogens is 2. The van der Waals surface area contributed by atoms with Crippen LogP contribution in [-0.4, -0.2) is 60.8 Å². The number of halogens is 2. The molecule has 0 N–H and O–H groups in total. The van der Waals surface area contributed by atoms with Crippen LogP contribution in [-0.2, 0) is 20.9 Å². The summed E-state index contributed by atoms with van der Waals surface area (Å²) in [6.45, 7) is 14.4. The Hall–Kier alpha value is -2.17. The zero-order valence-electron chi connectivity index (χ0n) is 22.8. The molecule has 5 rings (SSSR count). The van der Waals surface area contributed by atoms with Crippen molar-refractivity contribution in [2.45, 2.75) is 57.3 Å². The Morgan fingerprint density at radius 1 is 0.816 bits per heavy atom. The van der Waals surface area contributed by atoms with Gasteiger partial charge in [0.2, 0.25) is 21.8 Å². The summed E-state index contributed by atoms with van der Waals surface area (Å²) in [5.41, 5.74) is 1.98. The molecule has 0 atom stereocenters. The van der Waals surface area contributed by atoms with Gasteiger partial charge in [-0.2, -0.15) is 4.31 Å². The van der Waals surface area contributed by atoms with Gasteiger partial charge in [-0.1, -0.05) is 64.7 Å². The van der Waals surface area contributed by atoms with Crippen LogP contribution in [0.1, 0.15) is 53.3 Å². The number of likely N-dealkylation sites (N-methyl/N-ethyl adjacent to an activating group) is 1. The highest BCUT2D eigenvalue weighted by Gasteiger charge is 2.34. The van der Waals surface area contributed by atoms with Crippen molar-refractivity contribution in [3.05, 3.63) is 52.2 Å². The number of hydrogen-bond donors (Lipinski definition) is 0. The zero-order chi connectivity index (χ0) is 28.0. The molecule has 0 saturated carbocycles. The van der Waals surface area contributed by atoms with Crippen LogP contribution in [0.5, 0.6) is 0 Å². The predicted octanol–water partition coefficient (Wildman–Crippen LogP) is 6.49. The first-order valence-corrected chi connectivity index (χ1v) is 14.6. The minimum absolute atomic E-state index is 0.0224. The number of fused-ring (bicyclic) bond motifs is 2. The SMILES string of the molecule is CC(C)(C)c1nc2ccc(Cl)cc2o1.CN1CCN(S(=O)(=O)c2c(Cl)ccc3nc(C(C)(C)C)oc23)CC1. The number of sulfonamides is 1. The average Bonchev–Trinajstić information content (AvgIpc) is 3.43. The predicted molar refractivity (Wildman–Crippen MR) is 152 cm³/mol. The van der Waals surface area contributed by atoms with Crippen LogP contribution in [0.2, 0.25) is 10.0 Å². The van der Waals surface area contributed by atoms with Gasteiger partial charge in [0, 0.05) is 48.1 Å². The van der Waals surface area contributed by atoms with Crippen molar-refractivity contribution < 1.29 is 17.3 Å². The Morgan fingerprint density at radius 3 is 1.97 bits per heavy atom. The second-order valence-corrected chi connectivity index (χ2v) is 14.3. The maximum atomic E-state index is 13.1. The van der Waals surface area contributed by atoms with E-state index in [1.807, 2.05) is 40.0 Å². The normalized spacial score (nSPS) is 16.1. The fourth-order valence-corrected chi connectivity index (χ4v) is 6.08. The van der Waals surface area contributed by atoms with E-state index in [2.05, 4.69) is 35.6 Å². The maximum Gasteiger partial charge on any atom is 0.248 e. The third kappa shape index (κ3) is 6.02. The molecule has 0 unspecified atom stereocenters. The lowest BCUT2D eigenvalue weighted by Crippen LogP contribution is -2.47. The monoisotopic (exact) mass is 580 g/mol. The Bertz CT molecular complexity index is 1560. The molecule has 1 saturated heterocycles. The van der Waals surface area contributed by atoms with E-state index >= 15 is 0 Å². The van der Waals surface area contributed by atoms with Gasteiger partial charge in [0.05, 0.1) is 5.02 Å². The number of hydrogen-bond acceptors (Lipinski definition) is 7. The summed E-state index contributed by atoms with van der Waals surface area (Å²) < 4.78 is 39.2. The van der Waals surface area contributed by atoms with Gasteiger partial charge in [0.25, 0.3) is 0 Å². The Labute approximate surface area is 234 Å². The highest BCUT2D eigenvalue weighted by molar-refractivity contribution is 7.89. The molecule has 11 heteroatoms. The first-order valence-electron chi connectivity index (χ1n) is 12.4. The van der Waals surface area contributed by atoms with Gasteiger partial charge in [-0.3, -0.25) is 0 Å². The summed E-state index contributed by atoms with van der Waals surface area (Å²) in [5.74, 6) is 1.24. The Kier molecular flexibility index (Phi) is 7.91. The van der Waals surface area contributed by atoms with Crippen molar-refractivity contribution in [1.82, 2.24) is 19.2 Å². The highest BCUT2D eigenvalue weighted by Crippen LogP contribution is 2.35. The molecule has 1 aliphatic heterocycles. The van der Waals surface area contributed by atoms with E-state index in [0.29, 0.717) is 42.6 Å². The van der Waals surface area contributed by atoms with Crippen LogP contribution in [0.3, 0.4) is 0 Å². The van der Waals surface area contributed by atoms with Crippen LogP contribution in [0, 0.1) is 0 Å². The largest absolute Gasteiger partial charge is 0.440 e. The summed E-state index contributed by atoms with van der Waals surface area (Å²) in [6, 6.07) is 8.75. The van der Waals surface area contributed by atoms with E-state index in [0.717, 1.165) is 17.0 Å². The van der Waals surface area contributed by atoms with E-state index in [1.54, 1.807) is 18.2 Å². The van der Waals surface area contributed by atoms with E-state index in [9.17, 15) is 8.42 Å². The van der Waals surface area contributed by atoms with E-state index in [1.165, 1.54) is 4.31 Å². The summed E-state index contributed by atoms with van der Waals surface area (Å²) in [5, 5.41) is 0.840. The van der Waals surface area contributed by atoms with Crippen LogP contribution >= 0.6 is 23.2 Å². The molecular formula is C27H34Cl2N4O4S. The molecule has 1 fully saturated rings. The molecule has 1 aliphatic rings. The third-order valence-corrected chi connectivity index (χ3v) is 8.79. The number of nitrogens with zero attached hydrogens (tertiary/aromatic N) is 4. The summed E-state index contributed by atoms with van der Waals surface area (Å²) in [7, 11) is -1.76. The zero-order valence-corrected chi connectivity index (χ0v) is 25.1. The molecule has 8 nitrogen and oxygen atoms in total. The van der Waals surface area contributed by atoms with Gasteiger partial charge in [0.1, 0.15) is 15.9 Å². The lowest BCUT2D eigenvalue weighted by atomic mass is 9.97. The molecule has 2 aromatic carbocycles. The molecule has 0 radical (unpaired) electrons. The quantitative estimate of drug-likeness (QED) is 0.267. The second-order valence-electron chi connectivity index (χ2n) is 11.6. The highest BCUT2D eigenvalue weighted by atomic mass is 35.5. The number of benzene rings is 2. The molecule has 0 amide bonds. The van der Waals surface area contributed by atoms with E-state index in [4.69, 9.17) is 32.0 Å². The van der Waals surface area contributed by atoms with Crippen LogP contribution in [0.25, 0.3) is 22.2 Å². The van der Waals surface area contributed by atoms with Gasteiger partial charge in [-0.05, 0) is 31.3 Å². The number of oxazole rings is 2. The number of rotatable bonds is 2. The minimum atomic E-state index is -3.73. The van der Waals surface area contributed by atoms with Gasteiger partial charge in [-0.15, -0.1) is 0 Å². The topological polar surface area (TPSA) is 92.7 Å². The molecule has 206 valence electrons. The van der Waals surface area contributed by atoms with Gasteiger partial charge >= 0.3 is 0 Å². The van der Waals surface area contributed by atoms with Crippen molar-refractivity contribution in [2.75, 3.05) is 33.2 Å². The smallest absolute Gasteiger partial charge is 0.248 e. The summed E-state index contributed by atoms with van der Waals surface area (Å²) >= 11 is 12.1. The standard InChI is InChI=1S/C16H22ClN3O3S.C11H12ClNO/c1-16(2,3)15-18-12-6-5-11(17)14(13(12)23-15)24(21,22)20-9-7-19(4)8-10-20;1-11(2,3)10-13-8-5-4-7(12)6-9(8)14-10/h5-6H,7-10H2,1-4H3;4-6H,1-3H3. The molecule has 4 aromatic rings. The average molecular weight is 582 g/mol.